The fraction of sp³-hybridized carbons (Fsp3) is 0.143. The Labute approximate surface area is 101 Å². The molecule has 1 atom stereocenters. The molecule has 92 valence electrons. The van der Waals surface area contributed by atoms with Gasteiger partial charge in [-0.3, -0.25) is 0 Å². The molecule has 0 saturated heterocycles. The average Bonchev–Trinajstić information content (AvgIpc) is 2.34. The third kappa shape index (κ3) is 1.83. The van der Waals surface area contributed by atoms with E-state index in [2.05, 4.69) is 0 Å². The quantitative estimate of drug-likeness (QED) is 0.681. The van der Waals surface area contributed by atoms with Crippen molar-refractivity contribution in [1.82, 2.24) is 0 Å². The summed E-state index contributed by atoms with van der Waals surface area (Å²) >= 11 is 0. The van der Waals surface area contributed by atoms with E-state index < -0.39 is 12.3 Å². The zero-order valence-electron chi connectivity index (χ0n) is 9.24. The molecule has 1 unspecified atom stereocenters. The summed E-state index contributed by atoms with van der Waals surface area (Å²) in [7, 11) is 0. The largest absolute Gasteiger partial charge is 0.476 e. The van der Waals surface area contributed by atoms with Gasteiger partial charge < -0.3 is 4.74 Å². The van der Waals surface area contributed by atoms with Crippen LogP contribution in [0.5, 0.6) is 5.75 Å². The number of halogens is 3. The molecule has 0 aromatic heterocycles. The van der Waals surface area contributed by atoms with Gasteiger partial charge in [0.05, 0.1) is 0 Å². The lowest BCUT2D eigenvalue weighted by atomic mass is 10.0. The van der Waals surface area contributed by atoms with Crippen molar-refractivity contribution in [1.29, 1.82) is 0 Å². The molecule has 0 amide bonds. The van der Waals surface area contributed by atoms with Crippen LogP contribution >= 0.6 is 0 Å². The van der Waals surface area contributed by atoms with Crippen molar-refractivity contribution in [2.45, 2.75) is 12.3 Å². The summed E-state index contributed by atoms with van der Waals surface area (Å²) in [6, 6.07) is 11.0. The Morgan fingerprint density at radius 1 is 1.00 bits per heavy atom. The molecule has 0 N–H and O–H groups in total. The predicted molar refractivity (Wildman–Crippen MR) is 63.5 cm³/mol. The number of benzene rings is 2. The lowest BCUT2D eigenvalue weighted by Crippen LogP contribution is -2.33. The molecule has 0 aliphatic carbocycles. The molecule has 2 aromatic carbocycles. The molecule has 0 spiro atoms. The van der Waals surface area contributed by atoms with Crippen LogP contribution in [0.4, 0.5) is 13.2 Å². The predicted octanol–water partition coefficient (Wildman–Crippen LogP) is 4.18. The molecule has 3 rings (SSSR count). The SMILES string of the molecule is FC(F)(F)C1C=Cc2cc3ccccc3cc2O1. The van der Waals surface area contributed by atoms with Crippen LogP contribution in [0.15, 0.2) is 42.5 Å². The highest BCUT2D eigenvalue weighted by molar-refractivity contribution is 5.87. The average molecular weight is 250 g/mol. The Bertz CT molecular complexity index is 628. The third-order valence-electron chi connectivity index (χ3n) is 2.91. The molecular weight excluding hydrogens is 241 g/mol. The summed E-state index contributed by atoms with van der Waals surface area (Å²) in [6.45, 7) is 0. The normalized spacial score (nSPS) is 18.5. The zero-order chi connectivity index (χ0) is 12.8. The minimum atomic E-state index is -4.38. The zero-order valence-corrected chi connectivity index (χ0v) is 9.24. The molecule has 1 heterocycles. The fourth-order valence-corrected chi connectivity index (χ4v) is 2.01. The molecule has 18 heavy (non-hydrogen) atoms. The van der Waals surface area contributed by atoms with Crippen LogP contribution in [0.25, 0.3) is 16.8 Å². The van der Waals surface area contributed by atoms with E-state index in [4.69, 9.17) is 4.74 Å². The molecule has 0 saturated carbocycles. The minimum absolute atomic E-state index is 0.276. The lowest BCUT2D eigenvalue weighted by molar-refractivity contribution is -0.180. The van der Waals surface area contributed by atoms with Crippen molar-refractivity contribution in [3.63, 3.8) is 0 Å². The number of hydrogen-bond donors (Lipinski definition) is 0. The molecule has 1 aliphatic rings. The van der Waals surface area contributed by atoms with E-state index in [1.54, 1.807) is 6.07 Å². The minimum Gasteiger partial charge on any atom is -0.476 e. The Balaban J connectivity index is 2.08. The lowest BCUT2D eigenvalue weighted by Gasteiger charge is -2.23. The van der Waals surface area contributed by atoms with E-state index in [0.29, 0.717) is 5.56 Å². The number of rotatable bonds is 0. The van der Waals surface area contributed by atoms with Gasteiger partial charge in [0.1, 0.15) is 5.75 Å². The van der Waals surface area contributed by atoms with E-state index in [-0.39, 0.29) is 5.75 Å². The van der Waals surface area contributed by atoms with Gasteiger partial charge in [0, 0.05) is 5.56 Å². The molecular formula is C14H9F3O. The first-order valence-corrected chi connectivity index (χ1v) is 5.48. The fourth-order valence-electron chi connectivity index (χ4n) is 2.01. The van der Waals surface area contributed by atoms with E-state index in [1.165, 1.54) is 6.08 Å². The second-order valence-electron chi connectivity index (χ2n) is 4.18. The van der Waals surface area contributed by atoms with Gasteiger partial charge in [-0.25, -0.2) is 0 Å². The summed E-state index contributed by atoms with van der Waals surface area (Å²) < 4.78 is 42.7. The van der Waals surface area contributed by atoms with E-state index in [0.717, 1.165) is 16.8 Å². The Kier molecular flexibility index (Phi) is 2.33. The summed E-state index contributed by atoms with van der Waals surface area (Å²) in [5.41, 5.74) is 0.675. The van der Waals surface area contributed by atoms with Crippen molar-refractivity contribution < 1.29 is 17.9 Å². The van der Waals surface area contributed by atoms with Crippen LogP contribution < -0.4 is 4.74 Å². The summed E-state index contributed by atoms with van der Waals surface area (Å²) in [6.07, 6.45) is -3.73. The first kappa shape index (κ1) is 11.1. The molecule has 0 fully saturated rings. The smallest absolute Gasteiger partial charge is 0.429 e. The highest BCUT2D eigenvalue weighted by Gasteiger charge is 2.41. The Morgan fingerprint density at radius 2 is 1.67 bits per heavy atom. The first-order chi connectivity index (χ1) is 8.54. The topological polar surface area (TPSA) is 9.23 Å². The van der Waals surface area contributed by atoms with Crippen LogP contribution in [-0.4, -0.2) is 12.3 Å². The van der Waals surface area contributed by atoms with Gasteiger partial charge in [-0.05, 0) is 29.0 Å². The van der Waals surface area contributed by atoms with Crippen molar-refractivity contribution >= 4 is 16.8 Å². The first-order valence-electron chi connectivity index (χ1n) is 5.48. The summed E-state index contributed by atoms with van der Waals surface area (Å²) in [5.74, 6) is 0.276. The van der Waals surface area contributed by atoms with Crippen LogP contribution in [0, 0.1) is 0 Å². The molecule has 1 aliphatic heterocycles. The molecule has 2 aromatic rings. The van der Waals surface area contributed by atoms with Gasteiger partial charge in [-0.2, -0.15) is 13.2 Å². The van der Waals surface area contributed by atoms with Gasteiger partial charge >= 0.3 is 6.18 Å². The summed E-state index contributed by atoms with van der Waals surface area (Å²) in [4.78, 5) is 0. The summed E-state index contributed by atoms with van der Waals surface area (Å²) in [5, 5.41) is 1.85. The Hall–Kier alpha value is -1.97. The van der Waals surface area contributed by atoms with Gasteiger partial charge in [0.15, 0.2) is 0 Å². The van der Waals surface area contributed by atoms with Gasteiger partial charge in [-0.15, -0.1) is 0 Å². The van der Waals surface area contributed by atoms with Crippen molar-refractivity contribution in [2.75, 3.05) is 0 Å². The van der Waals surface area contributed by atoms with Crippen LogP contribution in [-0.2, 0) is 0 Å². The van der Waals surface area contributed by atoms with Crippen LogP contribution in [0.2, 0.25) is 0 Å². The highest BCUT2D eigenvalue weighted by atomic mass is 19.4. The second-order valence-corrected chi connectivity index (χ2v) is 4.18. The number of hydrogen-bond acceptors (Lipinski definition) is 1. The monoisotopic (exact) mass is 250 g/mol. The van der Waals surface area contributed by atoms with Gasteiger partial charge in [0.25, 0.3) is 0 Å². The molecule has 0 bridgehead atoms. The maximum atomic E-state index is 12.6. The molecule has 4 heteroatoms. The van der Waals surface area contributed by atoms with Gasteiger partial charge in [0.2, 0.25) is 6.10 Å². The van der Waals surface area contributed by atoms with E-state index in [1.807, 2.05) is 30.3 Å². The third-order valence-corrected chi connectivity index (χ3v) is 2.91. The second kappa shape index (κ2) is 3.77. The Morgan fingerprint density at radius 3 is 2.33 bits per heavy atom. The number of fused-ring (bicyclic) bond motifs is 2. The van der Waals surface area contributed by atoms with Crippen LogP contribution in [0.3, 0.4) is 0 Å². The number of alkyl halides is 3. The van der Waals surface area contributed by atoms with E-state index in [9.17, 15) is 13.2 Å². The standard InChI is InChI=1S/C14H9F3O/c15-14(16,17)13-6-5-11-7-9-3-1-2-4-10(9)8-12(11)18-13/h1-8,13H. The van der Waals surface area contributed by atoms with E-state index >= 15 is 0 Å². The van der Waals surface area contributed by atoms with Crippen molar-refractivity contribution in [3.8, 4) is 5.75 Å². The van der Waals surface area contributed by atoms with Crippen molar-refractivity contribution in [3.05, 3.63) is 48.0 Å². The molecule has 0 radical (unpaired) electrons. The maximum Gasteiger partial charge on any atom is 0.429 e. The highest BCUT2D eigenvalue weighted by Crippen LogP contribution is 2.35. The molecule has 1 nitrogen and oxygen atoms in total. The van der Waals surface area contributed by atoms with Crippen molar-refractivity contribution in [2.24, 2.45) is 0 Å². The van der Waals surface area contributed by atoms with Gasteiger partial charge in [-0.1, -0.05) is 30.3 Å². The van der Waals surface area contributed by atoms with Crippen LogP contribution in [0.1, 0.15) is 5.56 Å². The maximum absolute atomic E-state index is 12.6. The number of ether oxygens (including phenoxy) is 1.